The van der Waals surface area contributed by atoms with Gasteiger partial charge in [0.2, 0.25) is 0 Å². The molecule has 0 radical (unpaired) electrons. The SMILES string of the molecule is C[C@H]1CN(C(=O)c2ccccc2C(F)(F)F)CCN1.Cl. The second-order valence-electron chi connectivity index (χ2n) is 4.65. The van der Waals surface area contributed by atoms with Gasteiger partial charge in [-0.1, -0.05) is 12.1 Å². The van der Waals surface area contributed by atoms with Gasteiger partial charge in [-0.3, -0.25) is 4.79 Å². The van der Waals surface area contributed by atoms with Crippen LogP contribution in [-0.4, -0.2) is 36.5 Å². The number of nitrogens with zero attached hydrogens (tertiary/aromatic N) is 1. The number of piperazine rings is 1. The maximum atomic E-state index is 12.9. The molecule has 3 nitrogen and oxygen atoms in total. The van der Waals surface area contributed by atoms with Gasteiger partial charge in [0.05, 0.1) is 11.1 Å². The number of nitrogens with one attached hydrogen (secondary N) is 1. The van der Waals surface area contributed by atoms with Gasteiger partial charge in [-0.05, 0) is 19.1 Å². The summed E-state index contributed by atoms with van der Waals surface area (Å²) in [6.45, 7) is 3.34. The van der Waals surface area contributed by atoms with E-state index in [4.69, 9.17) is 0 Å². The first-order valence-electron chi connectivity index (χ1n) is 6.08. The molecule has 20 heavy (non-hydrogen) atoms. The van der Waals surface area contributed by atoms with E-state index in [1.807, 2.05) is 6.92 Å². The zero-order chi connectivity index (χ0) is 14.0. The Hall–Kier alpha value is -1.27. The molecule has 0 spiro atoms. The maximum Gasteiger partial charge on any atom is 0.417 e. The van der Waals surface area contributed by atoms with E-state index in [0.29, 0.717) is 19.6 Å². The number of rotatable bonds is 1. The molecule has 2 rings (SSSR count). The summed E-state index contributed by atoms with van der Waals surface area (Å²) in [4.78, 5) is 13.7. The molecule has 1 saturated heterocycles. The first-order valence-corrected chi connectivity index (χ1v) is 6.08. The summed E-state index contributed by atoms with van der Waals surface area (Å²) in [5, 5.41) is 3.15. The monoisotopic (exact) mass is 308 g/mol. The lowest BCUT2D eigenvalue weighted by Gasteiger charge is -2.32. The zero-order valence-corrected chi connectivity index (χ0v) is 11.7. The summed E-state index contributed by atoms with van der Waals surface area (Å²) >= 11 is 0. The number of carbonyl (C=O) groups is 1. The first-order chi connectivity index (χ1) is 8.89. The maximum absolute atomic E-state index is 12.9. The Labute approximate surface area is 121 Å². The number of benzene rings is 1. The number of hydrogen-bond donors (Lipinski definition) is 1. The molecule has 1 amide bonds. The number of halogens is 4. The highest BCUT2D eigenvalue weighted by Gasteiger charge is 2.36. The Morgan fingerprint density at radius 1 is 1.35 bits per heavy atom. The van der Waals surface area contributed by atoms with Crippen LogP contribution >= 0.6 is 12.4 Å². The normalized spacial score (nSPS) is 19.4. The highest BCUT2D eigenvalue weighted by molar-refractivity contribution is 5.96. The van der Waals surface area contributed by atoms with Crippen molar-refractivity contribution >= 4 is 18.3 Å². The topological polar surface area (TPSA) is 32.3 Å². The Morgan fingerprint density at radius 2 is 2.00 bits per heavy atom. The van der Waals surface area contributed by atoms with Gasteiger partial charge < -0.3 is 10.2 Å². The second-order valence-corrected chi connectivity index (χ2v) is 4.65. The van der Waals surface area contributed by atoms with Gasteiger partial charge in [0.25, 0.3) is 5.91 Å². The summed E-state index contributed by atoms with van der Waals surface area (Å²) < 4.78 is 38.6. The van der Waals surface area contributed by atoms with Crippen molar-refractivity contribution in [1.82, 2.24) is 10.2 Å². The molecular weight excluding hydrogens is 293 g/mol. The highest BCUT2D eigenvalue weighted by atomic mass is 35.5. The van der Waals surface area contributed by atoms with Crippen LogP contribution < -0.4 is 5.32 Å². The standard InChI is InChI=1S/C13H15F3N2O.ClH/c1-9-8-18(7-6-17-9)12(19)10-4-2-3-5-11(10)13(14,15)16;/h2-5,9,17H,6-8H2,1H3;1H/t9-;/m0./s1. The molecular formula is C13H16ClF3N2O. The Kier molecular flexibility index (Phi) is 5.42. The molecule has 1 aliphatic rings. The van der Waals surface area contributed by atoms with Crippen LogP contribution in [0.15, 0.2) is 24.3 Å². The van der Waals surface area contributed by atoms with Crippen LogP contribution in [-0.2, 0) is 6.18 Å². The summed E-state index contributed by atoms with van der Waals surface area (Å²) in [6, 6.07) is 5.01. The van der Waals surface area contributed by atoms with Gasteiger partial charge in [0.1, 0.15) is 0 Å². The van der Waals surface area contributed by atoms with Crippen molar-refractivity contribution in [3.05, 3.63) is 35.4 Å². The number of amides is 1. The Bertz CT molecular complexity index is 479. The van der Waals surface area contributed by atoms with Gasteiger partial charge in [-0.25, -0.2) is 0 Å². The summed E-state index contributed by atoms with van der Waals surface area (Å²) in [5.74, 6) is -0.554. The molecule has 1 aromatic carbocycles. The van der Waals surface area contributed by atoms with E-state index < -0.39 is 17.6 Å². The quantitative estimate of drug-likeness (QED) is 0.865. The third kappa shape index (κ3) is 3.64. The van der Waals surface area contributed by atoms with E-state index in [1.165, 1.54) is 23.1 Å². The molecule has 1 aliphatic heterocycles. The molecule has 0 saturated carbocycles. The van der Waals surface area contributed by atoms with Gasteiger partial charge in [-0.15, -0.1) is 12.4 Å². The van der Waals surface area contributed by atoms with Crippen molar-refractivity contribution in [2.45, 2.75) is 19.1 Å². The Morgan fingerprint density at radius 3 is 2.60 bits per heavy atom. The molecule has 0 aromatic heterocycles. The molecule has 1 fully saturated rings. The minimum Gasteiger partial charge on any atom is -0.336 e. The Balaban J connectivity index is 0.00000200. The van der Waals surface area contributed by atoms with Crippen LogP contribution in [0.1, 0.15) is 22.8 Å². The van der Waals surface area contributed by atoms with Crippen LogP contribution in [0.4, 0.5) is 13.2 Å². The van der Waals surface area contributed by atoms with Crippen molar-refractivity contribution in [1.29, 1.82) is 0 Å². The molecule has 1 aromatic rings. The fourth-order valence-corrected chi connectivity index (χ4v) is 2.20. The van der Waals surface area contributed by atoms with E-state index in [-0.39, 0.29) is 24.0 Å². The van der Waals surface area contributed by atoms with E-state index in [2.05, 4.69) is 5.32 Å². The van der Waals surface area contributed by atoms with E-state index in [1.54, 1.807) is 0 Å². The molecule has 1 atom stereocenters. The van der Waals surface area contributed by atoms with Crippen LogP contribution in [0, 0.1) is 0 Å². The van der Waals surface area contributed by atoms with Crippen molar-refractivity contribution < 1.29 is 18.0 Å². The number of alkyl halides is 3. The smallest absolute Gasteiger partial charge is 0.336 e. The van der Waals surface area contributed by atoms with Gasteiger partial charge in [0.15, 0.2) is 0 Å². The lowest BCUT2D eigenvalue weighted by molar-refractivity contribution is -0.138. The average Bonchev–Trinajstić information content (AvgIpc) is 2.37. The highest BCUT2D eigenvalue weighted by Crippen LogP contribution is 2.32. The fourth-order valence-electron chi connectivity index (χ4n) is 2.20. The average molecular weight is 309 g/mol. The molecule has 7 heteroatoms. The van der Waals surface area contributed by atoms with E-state index >= 15 is 0 Å². The lowest BCUT2D eigenvalue weighted by Crippen LogP contribution is -2.51. The van der Waals surface area contributed by atoms with Crippen molar-refractivity contribution in [2.24, 2.45) is 0 Å². The van der Waals surface area contributed by atoms with Gasteiger partial charge in [0, 0.05) is 25.7 Å². The van der Waals surface area contributed by atoms with Crippen molar-refractivity contribution in [3.8, 4) is 0 Å². The first kappa shape index (κ1) is 16.8. The van der Waals surface area contributed by atoms with Crippen LogP contribution in [0.25, 0.3) is 0 Å². The lowest BCUT2D eigenvalue weighted by atomic mass is 10.0. The third-order valence-corrected chi connectivity index (χ3v) is 3.12. The predicted molar refractivity (Wildman–Crippen MR) is 72.1 cm³/mol. The predicted octanol–water partition coefficient (Wildman–Crippen LogP) is 2.56. The molecule has 1 heterocycles. The minimum atomic E-state index is -4.51. The van der Waals surface area contributed by atoms with E-state index in [9.17, 15) is 18.0 Å². The second kappa shape index (κ2) is 6.45. The summed E-state index contributed by atoms with van der Waals surface area (Å²) in [6.07, 6.45) is -4.51. The third-order valence-electron chi connectivity index (χ3n) is 3.12. The molecule has 0 unspecified atom stereocenters. The number of hydrogen-bond acceptors (Lipinski definition) is 2. The summed E-state index contributed by atoms with van der Waals surface area (Å²) in [7, 11) is 0. The van der Waals surface area contributed by atoms with Gasteiger partial charge >= 0.3 is 6.18 Å². The van der Waals surface area contributed by atoms with Crippen LogP contribution in [0.5, 0.6) is 0 Å². The number of carbonyl (C=O) groups excluding carboxylic acids is 1. The molecule has 112 valence electrons. The molecule has 0 aliphatic carbocycles. The van der Waals surface area contributed by atoms with E-state index in [0.717, 1.165) is 6.07 Å². The zero-order valence-electron chi connectivity index (χ0n) is 10.9. The largest absolute Gasteiger partial charge is 0.417 e. The van der Waals surface area contributed by atoms with Gasteiger partial charge in [-0.2, -0.15) is 13.2 Å². The molecule has 1 N–H and O–H groups in total. The van der Waals surface area contributed by atoms with Crippen LogP contribution in [0.2, 0.25) is 0 Å². The minimum absolute atomic E-state index is 0. The fraction of sp³-hybridized carbons (Fsp3) is 0.462. The van der Waals surface area contributed by atoms with Crippen LogP contribution in [0.3, 0.4) is 0 Å². The molecule has 0 bridgehead atoms. The summed E-state index contributed by atoms with van der Waals surface area (Å²) in [5.41, 5.74) is -1.14. The van der Waals surface area contributed by atoms with Crippen molar-refractivity contribution in [3.63, 3.8) is 0 Å². The van der Waals surface area contributed by atoms with Crippen molar-refractivity contribution in [2.75, 3.05) is 19.6 Å².